The average Bonchev–Trinajstić information content (AvgIpc) is 2.49. The van der Waals surface area contributed by atoms with Crippen molar-refractivity contribution in [3.05, 3.63) is 29.6 Å². The third-order valence-electron chi connectivity index (χ3n) is 3.71. The first-order chi connectivity index (χ1) is 10.0. The predicted octanol–water partition coefficient (Wildman–Crippen LogP) is 2.09. The fourth-order valence-corrected chi connectivity index (χ4v) is 2.59. The molecule has 0 radical (unpaired) electrons. The van der Waals surface area contributed by atoms with E-state index in [9.17, 15) is 19.1 Å². The number of phenols is 1. The molecule has 1 atom stereocenters. The zero-order valence-electron chi connectivity index (χ0n) is 11.8. The van der Waals surface area contributed by atoms with E-state index in [1.54, 1.807) is 0 Å². The molecule has 1 N–H and O–H groups in total. The fourth-order valence-electron chi connectivity index (χ4n) is 2.59. The Balaban J connectivity index is 2.22. The lowest BCUT2D eigenvalue weighted by molar-refractivity contribution is -0.142. The molecule has 2 rings (SSSR count). The van der Waals surface area contributed by atoms with Gasteiger partial charge in [0.1, 0.15) is 11.6 Å². The number of benzene rings is 1. The lowest BCUT2D eigenvalue weighted by atomic mass is 9.98. The van der Waals surface area contributed by atoms with Gasteiger partial charge in [-0.3, -0.25) is 9.59 Å². The van der Waals surface area contributed by atoms with Crippen LogP contribution >= 0.6 is 0 Å². The quantitative estimate of drug-likeness (QED) is 0.867. The molecule has 1 aromatic carbocycles. The number of carbonyl (C=O) groups is 2. The normalized spacial score (nSPS) is 18.4. The van der Waals surface area contributed by atoms with E-state index in [0.717, 1.165) is 31.0 Å². The highest BCUT2D eigenvalue weighted by Crippen LogP contribution is 2.26. The van der Waals surface area contributed by atoms with Gasteiger partial charge < -0.3 is 14.7 Å². The summed E-state index contributed by atoms with van der Waals surface area (Å²) < 4.78 is 17.9. The van der Waals surface area contributed by atoms with Crippen LogP contribution in [0.1, 0.15) is 36.0 Å². The van der Waals surface area contributed by atoms with Gasteiger partial charge in [0, 0.05) is 12.6 Å². The largest absolute Gasteiger partial charge is 0.507 e. The number of carbonyl (C=O) groups excluding carboxylic acids is 2. The Morgan fingerprint density at radius 3 is 2.90 bits per heavy atom. The number of rotatable bonds is 3. The number of amides is 1. The lowest BCUT2D eigenvalue weighted by Crippen LogP contribution is -2.44. The van der Waals surface area contributed by atoms with Crippen LogP contribution in [0.4, 0.5) is 4.39 Å². The number of piperidine rings is 1. The molecule has 0 bridgehead atoms. The minimum atomic E-state index is -0.585. The smallest absolute Gasteiger partial charge is 0.307 e. The molecule has 0 saturated carbocycles. The fraction of sp³-hybridized carbons (Fsp3) is 0.467. The molecule has 1 aliphatic rings. The Morgan fingerprint density at radius 1 is 1.43 bits per heavy atom. The van der Waals surface area contributed by atoms with Crippen molar-refractivity contribution in [2.75, 3.05) is 13.7 Å². The highest BCUT2D eigenvalue weighted by Gasteiger charge is 2.30. The summed E-state index contributed by atoms with van der Waals surface area (Å²) in [6.07, 6.45) is 2.54. The summed E-state index contributed by atoms with van der Waals surface area (Å²) in [5.41, 5.74) is -0.0771. The zero-order chi connectivity index (χ0) is 15.4. The first-order valence-corrected chi connectivity index (χ1v) is 6.89. The summed E-state index contributed by atoms with van der Waals surface area (Å²) >= 11 is 0. The second-order valence-electron chi connectivity index (χ2n) is 5.09. The molecule has 1 aromatic rings. The molecular weight excluding hydrogens is 277 g/mol. The lowest BCUT2D eigenvalue weighted by Gasteiger charge is -2.35. The van der Waals surface area contributed by atoms with Crippen molar-refractivity contribution in [2.45, 2.75) is 31.7 Å². The predicted molar refractivity (Wildman–Crippen MR) is 73.4 cm³/mol. The van der Waals surface area contributed by atoms with Gasteiger partial charge in [-0.05, 0) is 37.5 Å². The number of phenolic OH excluding ortho intramolecular Hbond substituents is 1. The number of aromatic hydroxyl groups is 1. The van der Waals surface area contributed by atoms with E-state index >= 15 is 0 Å². The zero-order valence-corrected chi connectivity index (χ0v) is 11.8. The Bertz CT molecular complexity index is 546. The van der Waals surface area contributed by atoms with Crippen LogP contribution in [0.5, 0.6) is 5.75 Å². The number of halogens is 1. The second kappa shape index (κ2) is 6.56. The van der Waals surface area contributed by atoms with Gasteiger partial charge in [-0.25, -0.2) is 4.39 Å². The first kappa shape index (κ1) is 15.3. The summed E-state index contributed by atoms with van der Waals surface area (Å²) in [4.78, 5) is 25.5. The number of hydrogen-bond acceptors (Lipinski definition) is 4. The van der Waals surface area contributed by atoms with Gasteiger partial charge in [-0.15, -0.1) is 0 Å². The highest BCUT2D eigenvalue weighted by molar-refractivity contribution is 5.97. The summed E-state index contributed by atoms with van der Waals surface area (Å²) in [6.45, 7) is 0.483. The molecule has 1 fully saturated rings. The maximum Gasteiger partial charge on any atom is 0.307 e. The number of methoxy groups -OCH3 is 1. The van der Waals surface area contributed by atoms with Crippen molar-refractivity contribution < 1.29 is 23.8 Å². The van der Waals surface area contributed by atoms with Gasteiger partial charge in [-0.1, -0.05) is 0 Å². The van der Waals surface area contributed by atoms with Crippen LogP contribution in [0.3, 0.4) is 0 Å². The van der Waals surface area contributed by atoms with E-state index in [1.165, 1.54) is 12.0 Å². The van der Waals surface area contributed by atoms with E-state index in [-0.39, 0.29) is 29.7 Å². The van der Waals surface area contributed by atoms with Crippen molar-refractivity contribution in [3.8, 4) is 5.75 Å². The maximum absolute atomic E-state index is 13.3. The number of nitrogens with zero attached hydrogens (tertiary/aromatic N) is 1. The Labute approximate surface area is 122 Å². The highest BCUT2D eigenvalue weighted by atomic mass is 19.1. The van der Waals surface area contributed by atoms with Crippen LogP contribution in [0.15, 0.2) is 18.2 Å². The standard InChI is InChI=1S/C15H18FNO4/c1-21-14(19)9-11-4-2-3-7-17(11)15(20)12-8-10(16)5-6-13(12)18/h5-6,8,11,18H,2-4,7,9H2,1H3. The van der Waals surface area contributed by atoms with Crippen molar-refractivity contribution in [2.24, 2.45) is 0 Å². The summed E-state index contributed by atoms with van der Waals surface area (Å²) in [7, 11) is 1.30. The van der Waals surface area contributed by atoms with Gasteiger partial charge in [-0.2, -0.15) is 0 Å². The number of ether oxygens (including phenoxy) is 1. The topological polar surface area (TPSA) is 66.8 Å². The van der Waals surface area contributed by atoms with E-state index < -0.39 is 11.7 Å². The van der Waals surface area contributed by atoms with E-state index in [1.807, 2.05) is 0 Å². The van der Waals surface area contributed by atoms with Crippen LogP contribution < -0.4 is 0 Å². The third-order valence-corrected chi connectivity index (χ3v) is 3.71. The number of hydrogen-bond donors (Lipinski definition) is 1. The average molecular weight is 295 g/mol. The van der Waals surface area contributed by atoms with Crippen LogP contribution in [0.2, 0.25) is 0 Å². The van der Waals surface area contributed by atoms with E-state index in [4.69, 9.17) is 0 Å². The molecule has 1 saturated heterocycles. The minimum absolute atomic E-state index is 0.0771. The summed E-state index contributed by atoms with van der Waals surface area (Å²) in [5.74, 6) is -1.69. The maximum atomic E-state index is 13.3. The number of esters is 1. The molecule has 0 spiro atoms. The Kier molecular flexibility index (Phi) is 4.77. The molecule has 1 unspecified atom stereocenters. The molecular formula is C15H18FNO4. The van der Waals surface area contributed by atoms with Crippen LogP contribution in [-0.4, -0.2) is 41.6 Å². The van der Waals surface area contributed by atoms with Crippen LogP contribution in [-0.2, 0) is 9.53 Å². The molecule has 6 heteroatoms. The van der Waals surface area contributed by atoms with E-state index in [2.05, 4.69) is 4.74 Å². The van der Waals surface area contributed by atoms with Crippen molar-refractivity contribution in [3.63, 3.8) is 0 Å². The van der Waals surface area contributed by atoms with Crippen molar-refractivity contribution in [1.82, 2.24) is 4.90 Å². The molecule has 21 heavy (non-hydrogen) atoms. The molecule has 5 nitrogen and oxygen atoms in total. The molecule has 1 amide bonds. The monoisotopic (exact) mass is 295 g/mol. The second-order valence-corrected chi connectivity index (χ2v) is 5.09. The minimum Gasteiger partial charge on any atom is -0.507 e. The van der Waals surface area contributed by atoms with Gasteiger partial charge >= 0.3 is 5.97 Å². The molecule has 0 aliphatic carbocycles. The van der Waals surface area contributed by atoms with Crippen LogP contribution in [0.25, 0.3) is 0 Å². The van der Waals surface area contributed by atoms with Gasteiger partial charge in [0.05, 0.1) is 19.1 Å². The number of likely N-dealkylation sites (tertiary alicyclic amines) is 1. The Morgan fingerprint density at radius 2 is 2.19 bits per heavy atom. The molecule has 1 heterocycles. The molecule has 114 valence electrons. The van der Waals surface area contributed by atoms with Gasteiger partial charge in [0.25, 0.3) is 5.91 Å². The first-order valence-electron chi connectivity index (χ1n) is 6.89. The van der Waals surface area contributed by atoms with Crippen molar-refractivity contribution >= 4 is 11.9 Å². The van der Waals surface area contributed by atoms with Crippen LogP contribution in [0, 0.1) is 5.82 Å². The van der Waals surface area contributed by atoms with Gasteiger partial charge in [0.2, 0.25) is 0 Å². The Hall–Kier alpha value is -2.11. The summed E-state index contributed by atoms with van der Waals surface area (Å²) in [5, 5.41) is 9.74. The third kappa shape index (κ3) is 3.51. The molecule has 1 aliphatic heterocycles. The van der Waals surface area contributed by atoms with Gasteiger partial charge in [0.15, 0.2) is 0 Å². The molecule has 0 aromatic heterocycles. The van der Waals surface area contributed by atoms with E-state index in [0.29, 0.717) is 13.0 Å². The summed E-state index contributed by atoms with van der Waals surface area (Å²) in [6, 6.07) is 2.98. The SMILES string of the molecule is COC(=O)CC1CCCCN1C(=O)c1cc(F)ccc1O. The van der Waals surface area contributed by atoms with Crippen molar-refractivity contribution in [1.29, 1.82) is 0 Å².